The highest BCUT2D eigenvalue weighted by molar-refractivity contribution is 5.92. The summed E-state index contributed by atoms with van der Waals surface area (Å²) in [7, 11) is 0. The topological polar surface area (TPSA) is 62.4 Å². The van der Waals surface area contributed by atoms with Crippen LogP contribution in [0.4, 0.5) is 5.69 Å². The lowest BCUT2D eigenvalue weighted by atomic mass is 9.94. The zero-order valence-corrected chi connectivity index (χ0v) is 16.1. The third-order valence-corrected chi connectivity index (χ3v) is 5.86. The number of morpholine rings is 1. The average Bonchev–Trinajstić information content (AvgIpc) is 3.15. The Kier molecular flexibility index (Phi) is 7.06. The van der Waals surface area contributed by atoms with Gasteiger partial charge in [-0.25, -0.2) is 0 Å². The summed E-state index contributed by atoms with van der Waals surface area (Å²) in [5, 5.41) is 10.4. The molecule has 1 aliphatic heterocycles. The smallest absolute Gasteiger partial charge is 0.227 e. The molecule has 1 aromatic carbocycles. The van der Waals surface area contributed by atoms with Crippen LogP contribution in [0, 0.1) is 11.8 Å². The summed E-state index contributed by atoms with van der Waals surface area (Å²) < 4.78 is 5.66. The van der Waals surface area contributed by atoms with Gasteiger partial charge >= 0.3 is 0 Å². The van der Waals surface area contributed by atoms with Gasteiger partial charge in [-0.3, -0.25) is 4.79 Å². The highest BCUT2D eigenvalue weighted by Gasteiger charge is 2.34. The summed E-state index contributed by atoms with van der Waals surface area (Å²) in [5.41, 5.74) is 2.10. The second-order valence-corrected chi connectivity index (χ2v) is 7.72. The summed E-state index contributed by atoms with van der Waals surface area (Å²) in [6, 6.07) is 9.20. The lowest BCUT2D eigenvalue weighted by molar-refractivity contribution is -0.119. The fourth-order valence-electron chi connectivity index (χ4n) is 4.04. The van der Waals surface area contributed by atoms with Crippen LogP contribution in [0.5, 0.6) is 0 Å². The lowest BCUT2D eigenvalue weighted by Crippen LogP contribution is -2.50. The predicted molar refractivity (Wildman–Crippen MR) is 105 cm³/mol. The minimum absolute atomic E-state index is 0.0428. The molecule has 2 fully saturated rings. The van der Waals surface area contributed by atoms with E-state index in [4.69, 9.17) is 4.74 Å². The third kappa shape index (κ3) is 5.06. The molecule has 0 radical (unpaired) electrons. The Morgan fingerprint density at radius 1 is 1.38 bits per heavy atom. The molecule has 5 nitrogen and oxygen atoms in total. The molecule has 0 spiro atoms. The number of hydrogen-bond donors (Lipinski definition) is 3. The molecule has 3 N–H and O–H groups in total. The van der Waals surface area contributed by atoms with Crippen LogP contribution in [0.1, 0.15) is 45.1 Å². The van der Waals surface area contributed by atoms with E-state index in [1.54, 1.807) is 0 Å². The maximum atomic E-state index is 12.1. The molecule has 1 heterocycles. The monoisotopic (exact) mass is 359 g/mol. The van der Waals surface area contributed by atoms with Gasteiger partial charge in [-0.15, -0.1) is 0 Å². The third-order valence-electron chi connectivity index (χ3n) is 5.86. The van der Waals surface area contributed by atoms with Crippen LogP contribution >= 0.6 is 0 Å². The predicted octanol–water partition coefficient (Wildman–Crippen LogP) is 2.92. The molecule has 1 aliphatic carbocycles. The Balaban J connectivity index is 1.54. The number of rotatable bonds is 7. The molecule has 4 atom stereocenters. The molecule has 1 amide bonds. The van der Waals surface area contributed by atoms with E-state index in [2.05, 4.69) is 28.1 Å². The molecule has 144 valence electrons. The van der Waals surface area contributed by atoms with Crippen molar-refractivity contribution >= 4 is 11.6 Å². The summed E-state index contributed by atoms with van der Waals surface area (Å²) in [5.74, 6) is 0.779. The van der Waals surface area contributed by atoms with Gasteiger partial charge in [0.05, 0.1) is 13.2 Å². The molecular formula is C21H33N3O2. The van der Waals surface area contributed by atoms with Crippen LogP contribution in [-0.2, 0) is 16.1 Å². The molecule has 0 aromatic heterocycles. The average molecular weight is 360 g/mol. The molecule has 1 saturated carbocycles. The molecular weight excluding hydrogens is 326 g/mol. The van der Waals surface area contributed by atoms with Gasteiger partial charge in [-0.1, -0.05) is 32.4 Å². The van der Waals surface area contributed by atoms with E-state index >= 15 is 0 Å². The van der Waals surface area contributed by atoms with E-state index in [1.165, 1.54) is 24.8 Å². The fraction of sp³-hybridized carbons (Fsp3) is 0.667. The van der Waals surface area contributed by atoms with Crippen molar-refractivity contribution in [3.8, 4) is 0 Å². The van der Waals surface area contributed by atoms with Gasteiger partial charge in [0.15, 0.2) is 0 Å². The Hall–Kier alpha value is -1.43. The highest BCUT2D eigenvalue weighted by atomic mass is 16.5. The number of carbonyl (C=O) groups is 1. The standard InChI is InChI=1S/C21H33N3O2/c1-3-15(2)21(25)24-17-7-4-6-16(12-17)13-23-19-9-5-8-18(19)20-14-26-11-10-22-20/h4,6-7,12,15,18-20,22-23H,3,5,8-11,13-14H2,1-2H3,(H,24,25). The summed E-state index contributed by atoms with van der Waals surface area (Å²) >= 11 is 0. The Morgan fingerprint density at radius 2 is 2.27 bits per heavy atom. The van der Waals surface area contributed by atoms with Crippen molar-refractivity contribution in [3.05, 3.63) is 29.8 Å². The number of ether oxygens (including phenoxy) is 1. The van der Waals surface area contributed by atoms with Crippen LogP contribution < -0.4 is 16.0 Å². The van der Waals surface area contributed by atoms with Crippen LogP contribution in [-0.4, -0.2) is 37.7 Å². The number of hydrogen-bond acceptors (Lipinski definition) is 4. The normalized spacial score (nSPS) is 27.2. The van der Waals surface area contributed by atoms with Gasteiger partial charge in [0.1, 0.15) is 0 Å². The minimum Gasteiger partial charge on any atom is -0.379 e. The molecule has 1 aromatic rings. The second-order valence-electron chi connectivity index (χ2n) is 7.72. The molecule has 5 heteroatoms. The van der Waals surface area contributed by atoms with Crippen molar-refractivity contribution in [1.29, 1.82) is 0 Å². The highest BCUT2D eigenvalue weighted by Crippen LogP contribution is 2.29. The van der Waals surface area contributed by atoms with Crippen molar-refractivity contribution in [2.75, 3.05) is 25.1 Å². The van der Waals surface area contributed by atoms with Gasteiger partial charge in [0.25, 0.3) is 0 Å². The quantitative estimate of drug-likeness (QED) is 0.700. The second kappa shape index (κ2) is 9.49. The molecule has 3 rings (SSSR count). The van der Waals surface area contributed by atoms with Crippen LogP contribution in [0.15, 0.2) is 24.3 Å². The first-order valence-electron chi connectivity index (χ1n) is 10.1. The number of nitrogens with one attached hydrogen (secondary N) is 3. The van der Waals surface area contributed by atoms with Gasteiger partial charge < -0.3 is 20.7 Å². The van der Waals surface area contributed by atoms with E-state index in [-0.39, 0.29) is 11.8 Å². The zero-order chi connectivity index (χ0) is 18.4. The first-order valence-corrected chi connectivity index (χ1v) is 10.1. The molecule has 4 unspecified atom stereocenters. The SMILES string of the molecule is CCC(C)C(=O)Nc1cccc(CNC2CCCC2C2COCCN2)c1. The molecule has 26 heavy (non-hydrogen) atoms. The Bertz CT molecular complexity index is 586. The summed E-state index contributed by atoms with van der Waals surface area (Å²) in [4.78, 5) is 12.1. The van der Waals surface area contributed by atoms with Crippen LogP contribution in [0.2, 0.25) is 0 Å². The van der Waals surface area contributed by atoms with Crippen molar-refractivity contribution in [1.82, 2.24) is 10.6 Å². The van der Waals surface area contributed by atoms with Crippen molar-refractivity contribution < 1.29 is 9.53 Å². The van der Waals surface area contributed by atoms with E-state index in [0.29, 0.717) is 18.0 Å². The van der Waals surface area contributed by atoms with Gasteiger partial charge in [-0.05, 0) is 42.9 Å². The van der Waals surface area contributed by atoms with Gasteiger partial charge in [0.2, 0.25) is 5.91 Å². The summed E-state index contributed by atoms with van der Waals surface area (Å²) in [6.07, 6.45) is 4.64. The van der Waals surface area contributed by atoms with Crippen LogP contribution in [0.25, 0.3) is 0 Å². The molecule has 0 bridgehead atoms. The largest absolute Gasteiger partial charge is 0.379 e. The first kappa shape index (κ1) is 19.3. The zero-order valence-electron chi connectivity index (χ0n) is 16.1. The van der Waals surface area contributed by atoms with Crippen molar-refractivity contribution in [2.45, 2.75) is 58.2 Å². The van der Waals surface area contributed by atoms with Crippen LogP contribution in [0.3, 0.4) is 0 Å². The summed E-state index contributed by atoms with van der Waals surface area (Å²) in [6.45, 7) is 7.46. The number of benzene rings is 1. The number of anilines is 1. The Labute approximate surface area is 157 Å². The van der Waals surface area contributed by atoms with E-state index < -0.39 is 0 Å². The molecule has 2 aliphatic rings. The number of amides is 1. The first-order chi connectivity index (χ1) is 12.7. The maximum Gasteiger partial charge on any atom is 0.227 e. The fourth-order valence-corrected chi connectivity index (χ4v) is 4.04. The Morgan fingerprint density at radius 3 is 3.04 bits per heavy atom. The minimum atomic E-state index is 0.0428. The van der Waals surface area contributed by atoms with E-state index in [0.717, 1.165) is 38.4 Å². The maximum absolute atomic E-state index is 12.1. The van der Waals surface area contributed by atoms with Crippen molar-refractivity contribution in [3.63, 3.8) is 0 Å². The lowest BCUT2D eigenvalue weighted by Gasteiger charge is -2.33. The van der Waals surface area contributed by atoms with Gasteiger partial charge in [-0.2, -0.15) is 0 Å². The van der Waals surface area contributed by atoms with E-state index in [1.807, 2.05) is 26.0 Å². The molecule has 1 saturated heterocycles. The number of carbonyl (C=O) groups excluding carboxylic acids is 1. The van der Waals surface area contributed by atoms with Crippen molar-refractivity contribution in [2.24, 2.45) is 11.8 Å². The van der Waals surface area contributed by atoms with E-state index in [9.17, 15) is 4.79 Å². The van der Waals surface area contributed by atoms with Gasteiger partial charge in [0, 0.05) is 36.8 Å².